The summed E-state index contributed by atoms with van der Waals surface area (Å²) in [6.07, 6.45) is -0.958. The van der Waals surface area contributed by atoms with Gasteiger partial charge in [-0.25, -0.2) is 0 Å². The quantitative estimate of drug-likeness (QED) is 0.426. The first-order valence-corrected chi connectivity index (χ1v) is 13.3. The smallest absolute Gasteiger partial charge is 0.264 e. The Kier molecular flexibility index (Phi) is 7.23. The van der Waals surface area contributed by atoms with Gasteiger partial charge >= 0.3 is 0 Å². The predicted octanol–water partition coefficient (Wildman–Crippen LogP) is 0.779. The maximum absolute atomic E-state index is 11.7. The van der Waals surface area contributed by atoms with E-state index in [1.54, 1.807) is 45.2 Å². The second-order valence-electron chi connectivity index (χ2n) is 8.16. The zero-order valence-electron chi connectivity index (χ0n) is 18.5. The molecule has 2 aliphatic rings. The monoisotopic (exact) mass is 496 g/mol. The van der Waals surface area contributed by atoms with E-state index < -0.39 is 63.3 Å². The van der Waals surface area contributed by atoms with Gasteiger partial charge in [-0.15, -0.1) is 0 Å². The molecular formula is C19H28O11S2. The summed E-state index contributed by atoms with van der Waals surface area (Å²) < 4.78 is 85.5. The maximum Gasteiger partial charge on any atom is 0.264 e. The molecule has 0 radical (unpaired) electrons. The van der Waals surface area contributed by atoms with Gasteiger partial charge in [0.1, 0.15) is 36.8 Å². The fourth-order valence-electron chi connectivity index (χ4n) is 3.49. The number of ether oxygens (including phenoxy) is 5. The normalized spacial score (nSPS) is 26.7. The summed E-state index contributed by atoms with van der Waals surface area (Å²) in [4.78, 5) is 0. The topological polar surface area (TPSA) is 133 Å². The van der Waals surface area contributed by atoms with E-state index in [-0.39, 0.29) is 6.61 Å². The van der Waals surface area contributed by atoms with Crippen molar-refractivity contribution in [3.8, 4) is 5.75 Å². The Morgan fingerprint density at radius 1 is 0.906 bits per heavy atom. The van der Waals surface area contributed by atoms with E-state index in [2.05, 4.69) is 0 Å². The molecule has 13 heteroatoms. The van der Waals surface area contributed by atoms with Gasteiger partial charge in [-0.1, -0.05) is 12.1 Å². The summed E-state index contributed by atoms with van der Waals surface area (Å²) in [6.45, 7) is 2.35. The fourth-order valence-corrected chi connectivity index (χ4v) is 4.32. The molecule has 0 bridgehead atoms. The average Bonchev–Trinajstić information content (AvgIpc) is 3.11. The Labute approximate surface area is 188 Å². The highest BCUT2D eigenvalue weighted by Gasteiger charge is 2.63. The second kappa shape index (κ2) is 9.14. The van der Waals surface area contributed by atoms with Crippen molar-refractivity contribution in [3.05, 3.63) is 29.8 Å². The van der Waals surface area contributed by atoms with E-state index in [1.165, 1.54) is 0 Å². The first-order chi connectivity index (χ1) is 14.7. The summed E-state index contributed by atoms with van der Waals surface area (Å²) >= 11 is 0. The largest absolute Gasteiger partial charge is 0.497 e. The Morgan fingerprint density at radius 2 is 1.47 bits per heavy atom. The summed E-state index contributed by atoms with van der Waals surface area (Å²) in [5.41, 5.74) is -0.848. The third-order valence-electron chi connectivity index (χ3n) is 4.88. The molecule has 2 heterocycles. The van der Waals surface area contributed by atoms with Crippen molar-refractivity contribution >= 4 is 20.2 Å². The van der Waals surface area contributed by atoms with Crippen molar-refractivity contribution in [1.82, 2.24) is 0 Å². The minimum atomic E-state index is -3.88. The zero-order valence-corrected chi connectivity index (χ0v) is 20.1. The van der Waals surface area contributed by atoms with Crippen LogP contribution in [0, 0.1) is 0 Å². The van der Waals surface area contributed by atoms with Gasteiger partial charge in [0.05, 0.1) is 26.2 Å². The van der Waals surface area contributed by atoms with Crippen molar-refractivity contribution in [2.75, 3.05) is 32.8 Å². The number of rotatable bonds is 10. The first-order valence-electron chi connectivity index (χ1n) is 9.69. The number of methoxy groups -OCH3 is 1. The molecule has 0 amide bonds. The molecule has 3 rings (SSSR count). The van der Waals surface area contributed by atoms with Gasteiger partial charge in [-0.05, 0) is 31.5 Å². The summed E-state index contributed by atoms with van der Waals surface area (Å²) in [6, 6.07) is 7.11. The van der Waals surface area contributed by atoms with E-state index in [1.807, 2.05) is 0 Å². The van der Waals surface area contributed by atoms with Gasteiger partial charge < -0.3 is 23.7 Å². The molecule has 3 atom stereocenters. The number of hydrogen-bond donors (Lipinski definition) is 0. The molecule has 2 aliphatic heterocycles. The minimum Gasteiger partial charge on any atom is -0.497 e. The zero-order chi connectivity index (χ0) is 23.8. The van der Waals surface area contributed by atoms with Crippen LogP contribution in [0.25, 0.3) is 0 Å². The lowest BCUT2D eigenvalue weighted by Crippen LogP contribution is -2.53. The first kappa shape index (κ1) is 25.3. The van der Waals surface area contributed by atoms with Crippen LogP contribution in [0.5, 0.6) is 5.75 Å². The highest BCUT2D eigenvalue weighted by molar-refractivity contribution is 7.86. The molecule has 32 heavy (non-hydrogen) atoms. The molecule has 182 valence electrons. The van der Waals surface area contributed by atoms with Crippen molar-refractivity contribution in [2.24, 2.45) is 0 Å². The van der Waals surface area contributed by atoms with Crippen molar-refractivity contribution in [3.63, 3.8) is 0 Å². The van der Waals surface area contributed by atoms with Crippen LogP contribution in [-0.2, 0) is 54.2 Å². The van der Waals surface area contributed by atoms with Crippen LogP contribution in [0.1, 0.15) is 19.4 Å². The van der Waals surface area contributed by atoms with Crippen LogP contribution in [-0.4, -0.2) is 79.6 Å². The Balaban J connectivity index is 1.89. The molecular weight excluding hydrogens is 468 g/mol. The van der Waals surface area contributed by atoms with Crippen LogP contribution in [0.3, 0.4) is 0 Å². The number of hydrogen-bond acceptors (Lipinski definition) is 11. The Hall–Kier alpha value is -1.32. The third-order valence-corrected chi connectivity index (χ3v) is 5.97. The van der Waals surface area contributed by atoms with Crippen molar-refractivity contribution < 1.29 is 48.9 Å². The van der Waals surface area contributed by atoms with Crippen LogP contribution in [0.4, 0.5) is 0 Å². The third kappa shape index (κ3) is 6.38. The lowest BCUT2D eigenvalue weighted by atomic mass is 9.97. The molecule has 0 saturated carbocycles. The van der Waals surface area contributed by atoms with E-state index >= 15 is 0 Å². The standard InChI is InChI=1S/C19H28O11S2/c1-18(2)28-15-16(25-10-13-6-8-14(24-3)9-7-13)19(30-17(15)29-18,11-26-31(4,20)21)12-27-32(5,22)23/h6-9,15-17H,10-12H2,1-5H3/t15?,16-,17+/m1/s1. The highest BCUT2D eigenvalue weighted by Crippen LogP contribution is 2.44. The minimum absolute atomic E-state index is 0.0878. The van der Waals surface area contributed by atoms with Crippen LogP contribution in [0.2, 0.25) is 0 Å². The van der Waals surface area contributed by atoms with Crippen LogP contribution < -0.4 is 4.74 Å². The Morgan fingerprint density at radius 3 is 1.97 bits per heavy atom. The molecule has 1 aromatic carbocycles. The van der Waals surface area contributed by atoms with E-state index in [0.29, 0.717) is 5.75 Å². The van der Waals surface area contributed by atoms with Gasteiger partial charge in [-0.3, -0.25) is 8.37 Å². The number of fused-ring (bicyclic) bond motifs is 1. The summed E-state index contributed by atoms with van der Waals surface area (Å²) in [7, 11) is -6.21. The molecule has 0 N–H and O–H groups in total. The average molecular weight is 497 g/mol. The molecule has 2 saturated heterocycles. The molecule has 0 aliphatic carbocycles. The highest BCUT2D eigenvalue weighted by atomic mass is 32.2. The number of benzene rings is 1. The second-order valence-corrected chi connectivity index (χ2v) is 11.5. The fraction of sp³-hybridized carbons (Fsp3) is 0.684. The predicted molar refractivity (Wildman–Crippen MR) is 111 cm³/mol. The van der Waals surface area contributed by atoms with Crippen LogP contribution in [0.15, 0.2) is 24.3 Å². The van der Waals surface area contributed by atoms with Crippen molar-refractivity contribution in [2.45, 2.75) is 50.3 Å². The summed E-state index contributed by atoms with van der Waals surface area (Å²) in [5.74, 6) is -0.316. The molecule has 1 aromatic rings. The van der Waals surface area contributed by atoms with Crippen LogP contribution >= 0.6 is 0 Å². The molecule has 0 spiro atoms. The molecule has 1 unspecified atom stereocenters. The van der Waals surface area contributed by atoms with E-state index in [4.69, 9.17) is 32.1 Å². The molecule has 0 aromatic heterocycles. The molecule has 11 nitrogen and oxygen atoms in total. The van der Waals surface area contributed by atoms with Gasteiger partial charge in [0, 0.05) is 0 Å². The molecule has 2 fully saturated rings. The van der Waals surface area contributed by atoms with E-state index in [0.717, 1.165) is 18.1 Å². The van der Waals surface area contributed by atoms with Gasteiger partial charge in [-0.2, -0.15) is 16.8 Å². The van der Waals surface area contributed by atoms with E-state index in [9.17, 15) is 16.8 Å². The lowest BCUT2D eigenvalue weighted by Gasteiger charge is -2.35. The summed E-state index contributed by atoms with van der Waals surface area (Å²) in [5, 5.41) is 0. The van der Waals surface area contributed by atoms with Gasteiger partial charge in [0.2, 0.25) is 0 Å². The van der Waals surface area contributed by atoms with Gasteiger partial charge in [0.25, 0.3) is 20.2 Å². The van der Waals surface area contributed by atoms with Gasteiger partial charge in [0.15, 0.2) is 12.1 Å². The maximum atomic E-state index is 11.7. The Bertz CT molecular complexity index is 966. The SMILES string of the molecule is COc1ccc(CO[C@@H]2C3OC(C)(C)O[C@H]3OC2(COS(C)(=O)=O)COS(C)(=O)=O)cc1. The lowest BCUT2D eigenvalue weighted by molar-refractivity contribution is -0.254. The van der Waals surface area contributed by atoms with Crippen molar-refractivity contribution in [1.29, 1.82) is 0 Å².